The molecule has 0 spiro atoms. The van der Waals surface area contributed by atoms with Crippen LogP contribution in [0.25, 0.3) is 0 Å². The van der Waals surface area contributed by atoms with Gasteiger partial charge in [-0.25, -0.2) is 4.79 Å². The summed E-state index contributed by atoms with van der Waals surface area (Å²) in [6, 6.07) is 5.22. The van der Waals surface area contributed by atoms with E-state index in [0.717, 1.165) is 12.8 Å². The first-order chi connectivity index (χ1) is 11.2. The monoisotopic (exact) mass is 335 g/mol. The molecule has 0 saturated carbocycles. The Morgan fingerprint density at radius 1 is 1.30 bits per heavy atom. The zero-order valence-electron chi connectivity index (χ0n) is 12.8. The second kappa shape index (κ2) is 6.87. The molecular formula is C15H18ClN5O2. The van der Waals surface area contributed by atoms with Crippen LogP contribution in [0, 0.1) is 0 Å². The topological polar surface area (TPSA) is 72.3 Å². The minimum absolute atomic E-state index is 0.155. The number of urea groups is 1. The molecule has 3 rings (SSSR count). The number of carbonyl (C=O) groups is 1. The molecule has 2 aromatic rings. The summed E-state index contributed by atoms with van der Waals surface area (Å²) < 4.78 is 5.24. The van der Waals surface area contributed by atoms with Gasteiger partial charge in [0.25, 0.3) is 0 Å². The molecule has 0 atom stereocenters. The molecule has 7 nitrogen and oxygen atoms in total. The molecule has 2 heterocycles. The van der Waals surface area contributed by atoms with Gasteiger partial charge in [0.1, 0.15) is 5.75 Å². The van der Waals surface area contributed by atoms with Crippen LogP contribution in [-0.2, 0) is 0 Å². The number of ether oxygens (including phenoxy) is 1. The molecule has 1 aromatic carbocycles. The van der Waals surface area contributed by atoms with Crippen LogP contribution >= 0.6 is 11.6 Å². The summed E-state index contributed by atoms with van der Waals surface area (Å²) in [4.78, 5) is 15.9. The predicted molar refractivity (Wildman–Crippen MR) is 86.9 cm³/mol. The number of rotatable bonds is 3. The molecule has 1 aliphatic rings. The molecule has 1 aliphatic heterocycles. The van der Waals surface area contributed by atoms with Crippen molar-refractivity contribution in [2.45, 2.75) is 18.9 Å². The molecule has 1 fully saturated rings. The SMILES string of the molecule is COc1ccc(Cl)cc1NC(=O)N1CCC(n2nccn2)CC1. The van der Waals surface area contributed by atoms with Gasteiger partial charge >= 0.3 is 6.03 Å². The minimum atomic E-state index is -0.155. The van der Waals surface area contributed by atoms with Crippen molar-refractivity contribution in [2.75, 3.05) is 25.5 Å². The van der Waals surface area contributed by atoms with Crippen LogP contribution in [0.5, 0.6) is 5.75 Å². The molecular weight excluding hydrogens is 318 g/mol. The van der Waals surface area contributed by atoms with Gasteiger partial charge in [-0.05, 0) is 31.0 Å². The highest BCUT2D eigenvalue weighted by atomic mass is 35.5. The first-order valence-corrected chi connectivity index (χ1v) is 7.80. The Bertz CT molecular complexity index is 669. The lowest BCUT2D eigenvalue weighted by Gasteiger charge is -2.31. The van der Waals surface area contributed by atoms with Crippen LogP contribution in [0.2, 0.25) is 5.02 Å². The zero-order chi connectivity index (χ0) is 16.2. The fourth-order valence-corrected chi connectivity index (χ4v) is 2.86. The first-order valence-electron chi connectivity index (χ1n) is 7.42. The summed E-state index contributed by atoms with van der Waals surface area (Å²) in [6.45, 7) is 1.31. The Morgan fingerprint density at radius 3 is 2.65 bits per heavy atom. The van der Waals surface area contributed by atoms with Gasteiger partial charge in [-0.15, -0.1) is 0 Å². The number of halogens is 1. The molecule has 8 heteroatoms. The Balaban J connectivity index is 1.61. The molecule has 0 unspecified atom stereocenters. The van der Waals surface area contributed by atoms with Gasteiger partial charge in [0, 0.05) is 18.1 Å². The third-order valence-electron chi connectivity index (χ3n) is 3.92. The van der Waals surface area contributed by atoms with E-state index >= 15 is 0 Å². The molecule has 2 amide bonds. The van der Waals surface area contributed by atoms with Crippen molar-refractivity contribution >= 4 is 23.3 Å². The number of amides is 2. The summed E-state index contributed by atoms with van der Waals surface area (Å²) >= 11 is 5.98. The van der Waals surface area contributed by atoms with E-state index < -0.39 is 0 Å². The van der Waals surface area contributed by atoms with Gasteiger partial charge in [0.15, 0.2) is 0 Å². The largest absolute Gasteiger partial charge is 0.495 e. The van der Waals surface area contributed by atoms with E-state index in [4.69, 9.17) is 16.3 Å². The summed E-state index contributed by atoms with van der Waals surface area (Å²) in [5.74, 6) is 0.582. The summed E-state index contributed by atoms with van der Waals surface area (Å²) in [5, 5.41) is 11.7. The molecule has 23 heavy (non-hydrogen) atoms. The number of hydrogen-bond acceptors (Lipinski definition) is 4. The quantitative estimate of drug-likeness (QED) is 0.936. The molecule has 122 valence electrons. The van der Waals surface area contributed by atoms with Crippen molar-refractivity contribution in [3.05, 3.63) is 35.6 Å². The normalized spacial score (nSPS) is 15.5. The highest BCUT2D eigenvalue weighted by molar-refractivity contribution is 6.31. The number of aromatic nitrogens is 3. The second-order valence-corrected chi connectivity index (χ2v) is 5.78. The standard InChI is InChI=1S/C15H18ClN5O2/c1-23-14-3-2-11(16)10-13(14)19-15(22)20-8-4-12(5-9-20)21-17-6-7-18-21/h2-3,6-7,10,12H,4-5,8-9H2,1H3,(H,19,22). The van der Waals surface area contributed by atoms with Crippen LogP contribution in [0.3, 0.4) is 0 Å². The van der Waals surface area contributed by atoms with E-state index in [9.17, 15) is 4.79 Å². The number of carbonyl (C=O) groups excluding carboxylic acids is 1. The van der Waals surface area contributed by atoms with Crippen LogP contribution < -0.4 is 10.1 Å². The highest BCUT2D eigenvalue weighted by Crippen LogP contribution is 2.28. The minimum Gasteiger partial charge on any atom is -0.495 e. The lowest BCUT2D eigenvalue weighted by Crippen LogP contribution is -2.41. The molecule has 0 bridgehead atoms. The summed E-state index contributed by atoms with van der Waals surface area (Å²) in [7, 11) is 1.56. The fourth-order valence-electron chi connectivity index (χ4n) is 2.69. The lowest BCUT2D eigenvalue weighted by molar-refractivity contribution is 0.175. The van der Waals surface area contributed by atoms with E-state index in [1.54, 1.807) is 47.4 Å². The van der Waals surface area contributed by atoms with Crippen LogP contribution in [-0.4, -0.2) is 46.1 Å². The highest BCUT2D eigenvalue weighted by Gasteiger charge is 2.25. The molecule has 1 N–H and O–H groups in total. The number of nitrogens with one attached hydrogen (secondary N) is 1. The van der Waals surface area contributed by atoms with E-state index in [0.29, 0.717) is 29.5 Å². The van der Waals surface area contributed by atoms with Gasteiger partial charge in [-0.2, -0.15) is 15.0 Å². The van der Waals surface area contributed by atoms with E-state index in [1.165, 1.54) is 0 Å². The Hall–Kier alpha value is -2.28. The smallest absolute Gasteiger partial charge is 0.321 e. The zero-order valence-corrected chi connectivity index (χ0v) is 13.5. The van der Waals surface area contributed by atoms with Crippen molar-refractivity contribution in [3.63, 3.8) is 0 Å². The van der Waals surface area contributed by atoms with E-state index in [1.807, 2.05) is 0 Å². The number of methoxy groups -OCH3 is 1. The third-order valence-corrected chi connectivity index (χ3v) is 4.15. The Kier molecular flexibility index (Phi) is 4.66. The number of likely N-dealkylation sites (tertiary alicyclic amines) is 1. The average molecular weight is 336 g/mol. The Labute approximate surface area is 139 Å². The van der Waals surface area contributed by atoms with Crippen molar-refractivity contribution in [1.82, 2.24) is 19.9 Å². The maximum Gasteiger partial charge on any atom is 0.321 e. The van der Waals surface area contributed by atoms with Crippen molar-refractivity contribution in [2.24, 2.45) is 0 Å². The molecule has 1 saturated heterocycles. The van der Waals surface area contributed by atoms with Gasteiger partial charge in [-0.1, -0.05) is 11.6 Å². The van der Waals surface area contributed by atoms with Crippen LogP contribution in [0.15, 0.2) is 30.6 Å². The first kappa shape index (κ1) is 15.6. The number of hydrogen-bond donors (Lipinski definition) is 1. The van der Waals surface area contributed by atoms with Gasteiger partial charge in [-0.3, -0.25) is 0 Å². The third kappa shape index (κ3) is 3.56. The summed E-state index contributed by atoms with van der Waals surface area (Å²) in [6.07, 6.45) is 5.00. The second-order valence-electron chi connectivity index (χ2n) is 5.34. The predicted octanol–water partition coefficient (Wildman–Crippen LogP) is 2.81. The summed E-state index contributed by atoms with van der Waals surface area (Å²) in [5.41, 5.74) is 0.570. The maximum atomic E-state index is 12.4. The molecule has 0 aliphatic carbocycles. The van der Waals surface area contributed by atoms with Crippen LogP contribution in [0.1, 0.15) is 18.9 Å². The van der Waals surface area contributed by atoms with Gasteiger partial charge < -0.3 is 15.0 Å². The molecule has 0 radical (unpaired) electrons. The average Bonchev–Trinajstić information content (AvgIpc) is 3.10. The van der Waals surface area contributed by atoms with Crippen molar-refractivity contribution in [3.8, 4) is 5.75 Å². The van der Waals surface area contributed by atoms with E-state index in [-0.39, 0.29) is 12.1 Å². The maximum absolute atomic E-state index is 12.4. The van der Waals surface area contributed by atoms with Crippen LogP contribution in [0.4, 0.5) is 10.5 Å². The number of anilines is 1. The van der Waals surface area contributed by atoms with Crippen molar-refractivity contribution in [1.29, 1.82) is 0 Å². The van der Waals surface area contributed by atoms with Crippen molar-refractivity contribution < 1.29 is 9.53 Å². The number of nitrogens with zero attached hydrogens (tertiary/aromatic N) is 4. The lowest BCUT2D eigenvalue weighted by atomic mass is 10.1. The van der Waals surface area contributed by atoms with Gasteiger partial charge in [0.2, 0.25) is 0 Å². The van der Waals surface area contributed by atoms with Gasteiger partial charge in [0.05, 0.1) is 31.2 Å². The Morgan fingerprint density at radius 2 is 2.00 bits per heavy atom. The number of piperidine rings is 1. The number of benzene rings is 1. The fraction of sp³-hybridized carbons (Fsp3) is 0.400. The molecule has 1 aromatic heterocycles. The van der Waals surface area contributed by atoms with E-state index in [2.05, 4.69) is 15.5 Å².